The number of hydrogen-bond donors (Lipinski definition) is 1. The van der Waals surface area contributed by atoms with Gasteiger partial charge in [-0.2, -0.15) is 0 Å². The summed E-state index contributed by atoms with van der Waals surface area (Å²) in [5.41, 5.74) is 4.84. The van der Waals surface area contributed by atoms with Crippen LogP contribution in [-0.2, 0) is 6.54 Å². The largest absolute Gasteiger partial charge is 0.380 e. The van der Waals surface area contributed by atoms with Gasteiger partial charge < -0.3 is 5.32 Å². The average Bonchev–Trinajstić information content (AvgIpc) is 2.55. The van der Waals surface area contributed by atoms with Crippen molar-refractivity contribution in [3.63, 3.8) is 0 Å². The quantitative estimate of drug-likeness (QED) is 0.512. The topological polar surface area (TPSA) is 12.0 Å². The Morgan fingerprint density at radius 2 is 1.41 bits per heavy atom. The van der Waals surface area contributed by atoms with E-state index in [-0.39, 0.29) is 0 Å². The number of hydrogen-bond acceptors (Lipinski definition) is 1. The fraction of sp³-hybridized carbons (Fsp3) is 0.0526. The summed E-state index contributed by atoms with van der Waals surface area (Å²) in [6.45, 7) is 0.801. The Bertz CT molecular complexity index is 752. The van der Waals surface area contributed by atoms with E-state index in [0.717, 1.165) is 21.2 Å². The van der Waals surface area contributed by atoms with Gasteiger partial charge in [-0.15, -0.1) is 0 Å². The molecular formula is C19H15Br2N. The van der Waals surface area contributed by atoms with Crippen LogP contribution in [0.25, 0.3) is 11.1 Å². The van der Waals surface area contributed by atoms with E-state index in [1.54, 1.807) is 0 Å². The third-order valence-electron chi connectivity index (χ3n) is 3.48. The van der Waals surface area contributed by atoms with Gasteiger partial charge in [0.05, 0.1) is 0 Å². The van der Waals surface area contributed by atoms with Crippen LogP contribution in [0.2, 0.25) is 0 Å². The van der Waals surface area contributed by atoms with E-state index in [1.807, 2.05) is 18.2 Å². The molecule has 0 amide bonds. The Morgan fingerprint density at radius 3 is 2.09 bits per heavy atom. The molecular weight excluding hydrogens is 402 g/mol. The zero-order valence-corrected chi connectivity index (χ0v) is 15.1. The molecule has 1 N–H and O–H groups in total. The Hall–Kier alpha value is -1.58. The molecule has 3 aromatic rings. The van der Waals surface area contributed by atoms with Gasteiger partial charge in [-0.25, -0.2) is 0 Å². The third kappa shape index (κ3) is 3.79. The molecule has 0 aliphatic carbocycles. The minimum Gasteiger partial charge on any atom is -0.380 e. The van der Waals surface area contributed by atoms with Gasteiger partial charge in [0, 0.05) is 21.2 Å². The van der Waals surface area contributed by atoms with Gasteiger partial charge in [0.2, 0.25) is 0 Å². The number of nitrogens with one attached hydrogen (secondary N) is 1. The fourth-order valence-electron chi connectivity index (χ4n) is 2.28. The first-order chi connectivity index (χ1) is 10.7. The number of benzene rings is 3. The van der Waals surface area contributed by atoms with Crippen molar-refractivity contribution in [3.8, 4) is 11.1 Å². The van der Waals surface area contributed by atoms with E-state index in [4.69, 9.17) is 0 Å². The molecule has 0 radical (unpaired) electrons. The minimum absolute atomic E-state index is 0.801. The summed E-state index contributed by atoms with van der Waals surface area (Å²) in [4.78, 5) is 0. The molecule has 0 saturated carbocycles. The first kappa shape index (κ1) is 15.3. The van der Waals surface area contributed by atoms with Crippen LogP contribution >= 0.6 is 31.9 Å². The van der Waals surface area contributed by atoms with Crippen LogP contribution in [0.15, 0.2) is 81.7 Å². The normalized spacial score (nSPS) is 10.5. The van der Waals surface area contributed by atoms with Crippen molar-refractivity contribution < 1.29 is 0 Å². The second-order valence-corrected chi connectivity index (χ2v) is 6.81. The van der Waals surface area contributed by atoms with Crippen LogP contribution in [0.3, 0.4) is 0 Å². The number of anilines is 1. The van der Waals surface area contributed by atoms with Crippen LogP contribution in [0, 0.1) is 0 Å². The molecule has 0 bridgehead atoms. The molecule has 0 aliphatic rings. The van der Waals surface area contributed by atoms with Crippen LogP contribution in [0.5, 0.6) is 0 Å². The van der Waals surface area contributed by atoms with E-state index in [2.05, 4.69) is 91.8 Å². The van der Waals surface area contributed by atoms with Gasteiger partial charge in [-0.3, -0.25) is 0 Å². The lowest BCUT2D eigenvalue weighted by Crippen LogP contribution is -1.99. The van der Waals surface area contributed by atoms with Gasteiger partial charge in [0.25, 0.3) is 0 Å². The Balaban J connectivity index is 1.69. The van der Waals surface area contributed by atoms with Crippen molar-refractivity contribution in [3.05, 3.63) is 87.3 Å². The summed E-state index contributed by atoms with van der Waals surface area (Å²) in [6, 6.07) is 25.2. The van der Waals surface area contributed by atoms with Crippen molar-refractivity contribution in [2.75, 3.05) is 5.32 Å². The smallest absolute Gasteiger partial charge is 0.0488 e. The van der Waals surface area contributed by atoms with Crippen molar-refractivity contribution in [1.29, 1.82) is 0 Å². The second kappa shape index (κ2) is 7.12. The van der Waals surface area contributed by atoms with Crippen molar-refractivity contribution in [2.24, 2.45) is 0 Å². The highest BCUT2D eigenvalue weighted by Gasteiger charge is 2.01. The van der Waals surface area contributed by atoms with Crippen molar-refractivity contribution in [1.82, 2.24) is 0 Å². The summed E-state index contributed by atoms with van der Waals surface area (Å²) in [7, 11) is 0. The molecule has 0 unspecified atom stereocenters. The Labute approximate surface area is 147 Å². The molecule has 0 heterocycles. The maximum atomic E-state index is 3.57. The summed E-state index contributed by atoms with van der Waals surface area (Å²) in [6.07, 6.45) is 0. The lowest BCUT2D eigenvalue weighted by molar-refractivity contribution is 1.15. The summed E-state index contributed by atoms with van der Waals surface area (Å²) >= 11 is 7.04. The summed E-state index contributed by atoms with van der Waals surface area (Å²) < 4.78 is 2.12. The predicted molar refractivity (Wildman–Crippen MR) is 101 cm³/mol. The highest BCUT2D eigenvalue weighted by molar-refractivity contribution is 9.11. The van der Waals surface area contributed by atoms with Gasteiger partial charge in [0.15, 0.2) is 0 Å². The van der Waals surface area contributed by atoms with Crippen LogP contribution in [0.4, 0.5) is 5.69 Å². The lowest BCUT2D eigenvalue weighted by Gasteiger charge is -2.10. The highest BCUT2D eigenvalue weighted by atomic mass is 79.9. The minimum atomic E-state index is 0.801. The third-order valence-corrected chi connectivity index (χ3v) is 4.62. The van der Waals surface area contributed by atoms with Gasteiger partial charge in [-0.1, -0.05) is 70.5 Å². The fourth-order valence-corrected chi connectivity index (χ4v) is 3.46. The average molecular weight is 417 g/mol. The SMILES string of the molecule is Brc1ccc(NCc2ccc(-c3ccccc3)cc2)c(Br)c1. The summed E-state index contributed by atoms with van der Waals surface area (Å²) in [5.74, 6) is 0. The molecule has 0 aromatic heterocycles. The van der Waals surface area contributed by atoms with Crippen LogP contribution in [-0.4, -0.2) is 0 Å². The van der Waals surface area contributed by atoms with Gasteiger partial charge in [-0.05, 0) is 50.8 Å². The first-order valence-electron chi connectivity index (χ1n) is 7.06. The van der Waals surface area contributed by atoms with E-state index in [9.17, 15) is 0 Å². The van der Waals surface area contributed by atoms with E-state index in [0.29, 0.717) is 0 Å². The Kier molecular flexibility index (Phi) is 4.96. The van der Waals surface area contributed by atoms with E-state index in [1.165, 1.54) is 16.7 Å². The molecule has 0 spiro atoms. The number of rotatable bonds is 4. The zero-order chi connectivity index (χ0) is 15.4. The molecule has 0 atom stereocenters. The predicted octanol–water partition coefficient (Wildman–Crippen LogP) is 6.49. The standard InChI is InChI=1S/C19H15Br2N/c20-17-10-11-19(18(21)12-17)22-13-14-6-8-16(9-7-14)15-4-2-1-3-5-15/h1-12,22H,13H2. The molecule has 0 saturated heterocycles. The lowest BCUT2D eigenvalue weighted by atomic mass is 10.0. The molecule has 0 fully saturated rings. The van der Waals surface area contributed by atoms with Gasteiger partial charge >= 0.3 is 0 Å². The maximum Gasteiger partial charge on any atom is 0.0488 e. The molecule has 3 rings (SSSR count). The van der Waals surface area contributed by atoms with Gasteiger partial charge in [0.1, 0.15) is 0 Å². The second-order valence-electron chi connectivity index (χ2n) is 5.04. The molecule has 3 aromatic carbocycles. The maximum absolute atomic E-state index is 3.57. The molecule has 1 nitrogen and oxygen atoms in total. The molecule has 22 heavy (non-hydrogen) atoms. The van der Waals surface area contributed by atoms with Crippen LogP contribution < -0.4 is 5.32 Å². The van der Waals surface area contributed by atoms with E-state index < -0.39 is 0 Å². The first-order valence-corrected chi connectivity index (χ1v) is 8.64. The monoisotopic (exact) mass is 415 g/mol. The molecule has 0 aliphatic heterocycles. The van der Waals surface area contributed by atoms with E-state index >= 15 is 0 Å². The van der Waals surface area contributed by atoms with Crippen molar-refractivity contribution in [2.45, 2.75) is 6.54 Å². The number of halogens is 2. The summed E-state index contributed by atoms with van der Waals surface area (Å²) in [5, 5.41) is 3.45. The molecule has 110 valence electrons. The zero-order valence-electron chi connectivity index (χ0n) is 11.9. The molecule has 3 heteroatoms. The van der Waals surface area contributed by atoms with Crippen molar-refractivity contribution >= 4 is 37.5 Å². The van der Waals surface area contributed by atoms with Crippen LogP contribution in [0.1, 0.15) is 5.56 Å². The Morgan fingerprint density at radius 1 is 0.727 bits per heavy atom. The highest BCUT2D eigenvalue weighted by Crippen LogP contribution is 2.27.